The first kappa shape index (κ1) is 12.4. The van der Waals surface area contributed by atoms with Crippen LogP contribution >= 0.6 is 27.3 Å². The zero-order valence-electron chi connectivity index (χ0n) is 9.48. The number of nitrogen functional groups attached to an aromatic ring is 1. The van der Waals surface area contributed by atoms with Gasteiger partial charge in [0.15, 0.2) is 0 Å². The van der Waals surface area contributed by atoms with E-state index in [0.29, 0.717) is 5.92 Å². The van der Waals surface area contributed by atoms with Gasteiger partial charge >= 0.3 is 0 Å². The summed E-state index contributed by atoms with van der Waals surface area (Å²) in [7, 11) is 0. The van der Waals surface area contributed by atoms with Crippen LogP contribution in [0.3, 0.4) is 0 Å². The van der Waals surface area contributed by atoms with Crippen molar-refractivity contribution in [1.82, 2.24) is 4.98 Å². The Kier molecular flexibility index (Phi) is 4.02. The molecule has 1 unspecified atom stereocenters. The van der Waals surface area contributed by atoms with Gasteiger partial charge in [0, 0.05) is 39.9 Å². The molecule has 3 nitrogen and oxygen atoms in total. The summed E-state index contributed by atoms with van der Waals surface area (Å²) < 4.78 is 0.990. The minimum Gasteiger partial charge on any atom is -0.399 e. The molecule has 0 aliphatic rings. The lowest BCUT2D eigenvalue weighted by molar-refractivity contribution is 0.795. The van der Waals surface area contributed by atoms with Crippen molar-refractivity contribution in [2.24, 2.45) is 0 Å². The van der Waals surface area contributed by atoms with E-state index in [4.69, 9.17) is 5.73 Å². The number of nitrogens with two attached hydrogens (primary N) is 1. The molecule has 1 aromatic carbocycles. The number of anilines is 2. The van der Waals surface area contributed by atoms with Crippen LogP contribution in [0.5, 0.6) is 0 Å². The highest BCUT2D eigenvalue weighted by Gasteiger charge is 2.08. The van der Waals surface area contributed by atoms with Crippen LogP contribution in [0.25, 0.3) is 0 Å². The number of benzene rings is 1. The van der Waals surface area contributed by atoms with Crippen molar-refractivity contribution in [3.05, 3.63) is 39.3 Å². The summed E-state index contributed by atoms with van der Waals surface area (Å²) >= 11 is 5.18. The number of hydrogen-bond acceptors (Lipinski definition) is 4. The lowest BCUT2D eigenvalue weighted by atomic mass is 10.2. The second kappa shape index (κ2) is 5.51. The van der Waals surface area contributed by atoms with Gasteiger partial charge in [-0.3, -0.25) is 0 Å². The normalized spacial score (nSPS) is 12.4. The average molecular weight is 312 g/mol. The number of hydrogen-bond donors (Lipinski definition) is 2. The third kappa shape index (κ3) is 3.20. The van der Waals surface area contributed by atoms with Crippen LogP contribution in [0.4, 0.5) is 11.4 Å². The van der Waals surface area contributed by atoms with E-state index in [1.807, 2.05) is 29.8 Å². The molecule has 0 saturated heterocycles. The maximum Gasteiger partial charge on any atom is 0.0970 e. The predicted octanol–water partition coefficient (Wildman–Crippen LogP) is 3.70. The Morgan fingerprint density at radius 3 is 3.00 bits per heavy atom. The quantitative estimate of drug-likeness (QED) is 0.846. The lowest BCUT2D eigenvalue weighted by Crippen LogP contribution is -2.10. The van der Waals surface area contributed by atoms with Crippen LogP contribution in [0, 0.1) is 0 Å². The molecule has 0 aliphatic heterocycles. The molecule has 0 fully saturated rings. The van der Waals surface area contributed by atoms with Crippen molar-refractivity contribution in [3.63, 3.8) is 0 Å². The summed E-state index contributed by atoms with van der Waals surface area (Å²) in [6, 6.07) is 5.77. The molecule has 3 N–H and O–H groups in total. The first-order chi connectivity index (χ1) is 8.16. The average Bonchev–Trinajstić information content (AvgIpc) is 2.81. The Morgan fingerprint density at radius 1 is 1.53 bits per heavy atom. The van der Waals surface area contributed by atoms with Crippen LogP contribution in [-0.2, 0) is 0 Å². The van der Waals surface area contributed by atoms with Crippen LogP contribution in [0.15, 0.2) is 34.2 Å². The minimum absolute atomic E-state index is 0.402. The summed E-state index contributed by atoms with van der Waals surface area (Å²) in [4.78, 5) is 4.31. The lowest BCUT2D eigenvalue weighted by Gasteiger charge is -2.12. The molecular formula is C12H14BrN3S. The number of nitrogens with one attached hydrogen (secondary N) is 1. The Bertz CT molecular complexity index is 485. The summed E-state index contributed by atoms with van der Waals surface area (Å²) in [5.74, 6) is 0.402. The van der Waals surface area contributed by atoms with Crippen molar-refractivity contribution in [1.29, 1.82) is 0 Å². The van der Waals surface area contributed by atoms with Gasteiger partial charge in [0.2, 0.25) is 0 Å². The maximum absolute atomic E-state index is 5.69. The van der Waals surface area contributed by atoms with Gasteiger partial charge in [0.05, 0.1) is 5.01 Å². The van der Waals surface area contributed by atoms with Crippen molar-refractivity contribution in [2.45, 2.75) is 12.8 Å². The second-order valence-corrected chi connectivity index (χ2v) is 5.67. The largest absolute Gasteiger partial charge is 0.399 e. The molecule has 2 aromatic rings. The third-order valence-corrected chi connectivity index (χ3v) is 4.13. The van der Waals surface area contributed by atoms with Crippen molar-refractivity contribution in [3.8, 4) is 0 Å². The van der Waals surface area contributed by atoms with Gasteiger partial charge in [-0.25, -0.2) is 4.98 Å². The topological polar surface area (TPSA) is 50.9 Å². The van der Waals surface area contributed by atoms with Crippen LogP contribution in [0.2, 0.25) is 0 Å². The Hall–Kier alpha value is -1.07. The van der Waals surface area contributed by atoms with Crippen LogP contribution < -0.4 is 11.1 Å². The number of thiazole rings is 1. The number of rotatable bonds is 4. The molecule has 17 heavy (non-hydrogen) atoms. The molecule has 0 amide bonds. The van der Waals surface area contributed by atoms with Crippen molar-refractivity contribution in [2.75, 3.05) is 17.6 Å². The smallest absolute Gasteiger partial charge is 0.0970 e. The molecular weight excluding hydrogens is 298 g/mol. The molecule has 1 heterocycles. The summed E-state index contributed by atoms with van der Waals surface area (Å²) in [5, 5.41) is 6.55. The highest BCUT2D eigenvalue weighted by atomic mass is 79.9. The first-order valence-corrected chi connectivity index (χ1v) is 7.02. The molecule has 2 rings (SSSR count). The number of nitrogens with zero attached hydrogens (tertiary/aromatic N) is 1. The van der Waals surface area contributed by atoms with Gasteiger partial charge in [-0.05, 0) is 34.1 Å². The molecule has 1 aromatic heterocycles. The monoisotopic (exact) mass is 311 g/mol. The van der Waals surface area contributed by atoms with E-state index < -0.39 is 0 Å². The maximum atomic E-state index is 5.69. The fraction of sp³-hybridized carbons (Fsp3) is 0.250. The molecule has 0 radical (unpaired) electrons. The molecule has 0 saturated carbocycles. The van der Waals surface area contributed by atoms with E-state index in [2.05, 4.69) is 33.2 Å². The van der Waals surface area contributed by atoms with Gasteiger partial charge in [0.25, 0.3) is 0 Å². The molecule has 1 atom stereocenters. The van der Waals surface area contributed by atoms with Crippen molar-refractivity contribution < 1.29 is 0 Å². The van der Waals surface area contributed by atoms with E-state index in [0.717, 1.165) is 27.4 Å². The van der Waals surface area contributed by atoms with Gasteiger partial charge in [0.1, 0.15) is 0 Å². The van der Waals surface area contributed by atoms with Crippen LogP contribution in [-0.4, -0.2) is 11.5 Å². The van der Waals surface area contributed by atoms with Gasteiger partial charge in [-0.1, -0.05) is 6.92 Å². The first-order valence-electron chi connectivity index (χ1n) is 5.35. The van der Waals surface area contributed by atoms with Gasteiger partial charge in [-0.2, -0.15) is 0 Å². The van der Waals surface area contributed by atoms with E-state index in [1.165, 1.54) is 0 Å². The molecule has 0 bridgehead atoms. The number of aromatic nitrogens is 1. The molecule has 5 heteroatoms. The summed E-state index contributed by atoms with van der Waals surface area (Å²) in [6.45, 7) is 3.02. The van der Waals surface area contributed by atoms with Gasteiger partial charge < -0.3 is 11.1 Å². The fourth-order valence-electron chi connectivity index (χ4n) is 1.50. The van der Waals surface area contributed by atoms with E-state index in [9.17, 15) is 0 Å². The van der Waals surface area contributed by atoms with Crippen LogP contribution in [0.1, 0.15) is 17.8 Å². The standard InChI is InChI=1S/C12H14BrN3S/c1-8(12-15-4-5-17-12)7-16-11-3-2-9(14)6-10(11)13/h2-6,8,16H,7,14H2,1H3. The summed E-state index contributed by atoms with van der Waals surface area (Å²) in [5.41, 5.74) is 7.51. The Balaban J connectivity index is 1.98. The van der Waals surface area contributed by atoms with E-state index >= 15 is 0 Å². The Morgan fingerprint density at radius 2 is 2.35 bits per heavy atom. The second-order valence-electron chi connectivity index (χ2n) is 3.89. The fourth-order valence-corrected chi connectivity index (χ4v) is 2.74. The molecule has 90 valence electrons. The highest BCUT2D eigenvalue weighted by Crippen LogP contribution is 2.26. The zero-order valence-corrected chi connectivity index (χ0v) is 11.9. The van der Waals surface area contributed by atoms with Gasteiger partial charge in [-0.15, -0.1) is 11.3 Å². The SMILES string of the molecule is CC(CNc1ccc(N)cc1Br)c1nccs1. The third-order valence-electron chi connectivity index (χ3n) is 2.46. The molecule has 0 spiro atoms. The number of halogens is 1. The summed E-state index contributed by atoms with van der Waals surface area (Å²) in [6.07, 6.45) is 1.84. The highest BCUT2D eigenvalue weighted by molar-refractivity contribution is 9.10. The minimum atomic E-state index is 0.402. The van der Waals surface area contributed by atoms with E-state index in [1.54, 1.807) is 11.3 Å². The Labute approximate surface area is 113 Å². The zero-order chi connectivity index (χ0) is 12.3. The molecule has 0 aliphatic carbocycles. The van der Waals surface area contributed by atoms with Crippen molar-refractivity contribution >= 4 is 38.6 Å². The van der Waals surface area contributed by atoms with E-state index in [-0.39, 0.29) is 0 Å². The predicted molar refractivity (Wildman–Crippen MR) is 77.6 cm³/mol.